The zero-order valence-electron chi connectivity index (χ0n) is 3.89. The molecule has 0 saturated heterocycles. The van der Waals surface area contributed by atoms with E-state index in [0.717, 1.165) is 0 Å². The molecule has 8 heavy (non-hydrogen) atoms. The highest BCUT2D eigenvalue weighted by Gasteiger charge is 1.98. The minimum atomic E-state index is -2.89. The molecular weight excluding hydrogens is 139 g/mol. The second kappa shape index (κ2) is 5.28. The van der Waals surface area contributed by atoms with E-state index in [-0.39, 0.29) is 0 Å². The lowest BCUT2D eigenvalue weighted by Crippen LogP contribution is -1.86. The van der Waals surface area contributed by atoms with Gasteiger partial charge in [0.25, 0.3) is 8.25 Å². The summed E-state index contributed by atoms with van der Waals surface area (Å²) < 4.78 is 39.2. The predicted molar refractivity (Wildman–Crippen MR) is 27.7 cm³/mol. The predicted octanol–water partition coefficient (Wildman–Crippen LogP) is -0.119. The van der Waals surface area contributed by atoms with E-state index in [9.17, 15) is 13.2 Å². The summed E-state index contributed by atoms with van der Waals surface area (Å²) in [6, 6.07) is 0. The average molecular weight is 142 g/mol. The SMILES string of the molecule is O=[PH](OBF)OBF. The van der Waals surface area contributed by atoms with Gasteiger partial charge in [-0.1, -0.05) is 0 Å². The lowest BCUT2D eigenvalue weighted by molar-refractivity contribution is 0.409. The molecule has 8 heteroatoms. The first-order valence-corrected chi connectivity index (χ1v) is 2.95. The zero-order valence-corrected chi connectivity index (χ0v) is 4.89. The molecule has 0 amide bonds. The summed E-state index contributed by atoms with van der Waals surface area (Å²) in [5.74, 6) is 0. The van der Waals surface area contributed by atoms with Crippen LogP contribution in [0.2, 0.25) is 0 Å². The second-order valence-electron chi connectivity index (χ2n) is 0.757. The molecule has 46 valence electrons. The first kappa shape index (κ1) is 8.14. The Balaban J connectivity index is 3.06. The van der Waals surface area contributed by atoms with Gasteiger partial charge in [0.2, 0.25) is 0 Å². The molecule has 0 atom stereocenters. The third kappa shape index (κ3) is 4.30. The zero-order chi connectivity index (χ0) is 6.41. The van der Waals surface area contributed by atoms with Gasteiger partial charge in [-0.25, -0.2) is 0 Å². The molecule has 0 saturated carbocycles. The highest BCUT2D eigenvalue weighted by atomic mass is 31.1. The smallest absolute Gasteiger partial charge is 0.342 e. The Hall–Kier alpha value is 0.140. The van der Waals surface area contributed by atoms with Gasteiger partial charge in [0.15, 0.2) is 0 Å². The maximum Gasteiger partial charge on any atom is 0.488 e. The van der Waals surface area contributed by atoms with Crippen LogP contribution in [0.1, 0.15) is 0 Å². The molecule has 0 aromatic rings. The van der Waals surface area contributed by atoms with E-state index in [4.69, 9.17) is 0 Å². The Labute approximate surface area is 47.0 Å². The molecule has 0 heterocycles. The Morgan fingerprint density at radius 2 is 1.62 bits per heavy atom. The largest absolute Gasteiger partial charge is 0.488 e. The van der Waals surface area contributed by atoms with Gasteiger partial charge in [-0.05, 0) is 0 Å². The van der Waals surface area contributed by atoms with Crippen LogP contribution in [0, 0.1) is 0 Å². The van der Waals surface area contributed by atoms with Crippen molar-refractivity contribution in [3.8, 4) is 0 Å². The number of halogens is 2. The van der Waals surface area contributed by atoms with Gasteiger partial charge >= 0.3 is 15.5 Å². The molecular formula is H3B2F2O3P. The number of hydrogen-bond donors (Lipinski definition) is 0. The lowest BCUT2D eigenvalue weighted by Gasteiger charge is -1.93. The monoisotopic (exact) mass is 142 g/mol. The summed E-state index contributed by atoms with van der Waals surface area (Å²) in [5, 5.41) is 0. The second-order valence-corrected chi connectivity index (χ2v) is 1.83. The first-order valence-electron chi connectivity index (χ1n) is 1.72. The minimum absolute atomic E-state index is 1.21. The summed E-state index contributed by atoms with van der Waals surface area (Å²) in [6.45, 7) is 0. The van der Waals surface area contributed by atoms with Gasteiger partial charge in [-0.3, -0.25) is 13.2 Å². The van der Waals surface area contributed by atoms with Crippen LogP contribution in [0.3, 0.4) is 0 Å². The molecule has 0 N–H and O–H groups in total. The van der Waals surface area contributed by atoms with Crippen molar-refractivity contribution < 1.29 is 22.1 Å². The van der Waals surface area contributed by atoms with Gasteiger partial charge < -0.3 is 8.88 Å². The Morgan fingerprint density at radius 1 is 1.25 bits per heavy atom. The van der Waals surface area contributed by atoms with Crippen molar-refractivity contribution in [2.24, 2.45) is 0 Å². The molecule has 0 fully saturated rings. The van der Waals surface area contributed by atoms with Crippen molar-refractivity contribution >= 4 is 23.8 Å². The molecule has 0 rings (SSSR count). The van der Waals surface area contributed by atoms with E-state index in [2.05, 4.69) is 8.88 Å². The molecule has 0 aliphatic rings. The fourth-order valence-corrected chi connectivity index (χ4v) is 0.392. The Bertz CT molecular complexity index is 69.7. The first-order chi connectivity index (χ1) is 3.81. The van der Waals surface area contributed by atoms with Gasteiger partial charge in [-0.15, -0.1) is 0 Å². The van der Waals surface area contributed by atoms with Crippen molar-refractivity contribution in [2.45, 2.75) is 0 Å². The van der Waals surface area contributed by atoms with E-state index < -0.39 is 23.8 Å². The van der Waals surface area contributed by atoms with Gasteiger partial charge in [0.1, 0.15) is 0 Å². The van der Waals surface area contributed by atoms with E-state index >= 15 is 0 Å². The van der Waals surface area contributed by atoms with Crippen LogP contribution in [0.5, 0.6) is 0 Å². The molecule has 0 aromatic heterocycles. The topological polar surface area (TPSA) is 35.5 Å². The Kier molecular flexibility index (Phi) is 5.37. The minimum Gasteiger partial charge on any atom is -0.342 e. The van der Waals surface area contributed by atoms with E-state index in [1.165, 1.54) is 0 Å². The molecule has 0 aliphatic carbocycles. The summed E-state index contributed by atoms with van der Waals surface area (Å²) >= 11 is 0. The Morgan fingerprint density at radius 3 is 1.88 bits per heavy atom. The molecule has 3 nitrogen and oxygen atoms in total. The quantitative estimate of drug-likeness (QED) is 0.405. The van der Waals surface area contributed by atoms with E-state index in [1.807, 2.05) is 0 Å². The molecule has 0 unspecified atom stereocenters. The van der Waals surface area contributed by atoms with Crippen molar-refractivity contribution in [3.63, 3.8) is 0 Å². The van der Waals surface area contributed by atoms with Crippen LogP contribution >= 0.6 is 8.25 Å². The lowest BCUT2D eigenvalue weighted by atomic mass is 10.5. The maximum atomic E-state index is 11.0. The van der Waals surface area contributed by atoms with Crippen LogP contribution in [0.25, 0.3) is 0 Å². The summed E-state index contributed by atoms with van der Waals surface area (Å²) in [5.41, 5.74) is 0. The van der Waals surface area contributed by atoms with Crippen LogP contribution in [0.15, 0.2) is 0 Å². The molecule has 0 aromatic carbocycles. The third-order valence-corrected chi connectivity index (χ3v) is 1.03. The maximum absolute atomic E-state index is 11.0. The highest BCUT2D eigenvalue weighted by molar-refractivity contribution is 7.35. The van der Waals surface area contributed by atoms with Gasteiger partial charge in [0, 0.05) is 0 Å². The van der Waals surface area contributed by atoms with Crippen molar-refractivity contribution in [1.82, 2.24) is 0 Å². The fourth-order valence-electron chi connectivity index (χ4n) is 0.131. The number of hydrogen-bond acceptors (Lipinski definition) is 3. The third-order valence-electron chi connectivity index (χ3n) is 0.345. The van der Waals surface area contributed by atoms with E-state index in [0.29, 0.717) is 0 Å². The molecule has 0 aliphatic heterocycles. The van der Waals surface area contributed by atoms with Crippen LogP contribution in [-0.2, 0) is 13.4 Å². The van der Waals surface area contributed by atoms with Crippen molar-refractivity contribution in [3.05, 3.63) is 0 Å². The highest BCUT2D eigenvalue weighted by Crippen LogP contribution is 2.21. The van der Waals surface area contributed by atoms with Gasteiger partial charge in [0.05, 0.1) is 0 Å². The van der Waals surface area contributed by atoms with Crippen LogP contribution in [0.4, 0.5) is 8.63 Å². The van der Waals surface area contributed by atoms with Crippen molar-refractivity contribution in [1.29, 1.82) is 0 Å². The normalized spacial score (nSPS) is 9.38. The van der Waals surface area contributed by atoms with Crippen LogP contribution < -0.4 is 0 Å². The average Bonchev–Trinajstić information content (AvgIpc) is 1.68. The van der Waals surface area contributed by atoms with Gasteiger partial charge in [-0.2, -0.15) is 0 Å². The summed E-state index contributed by atoms with van der Waals surface area (Å²) in [7, 11) is -5.31. The molecule has 0 bridgehead atoms. The van der Waals surface area contributed by atoms with Crippen LogP contribution in [-0.4, -0.2) is 15.5 Å². The molecule has 0 radical (unpaired) electrons. The summed E-state index contributed by atoms with van der Waals surface area (Å²) in [6.07, 6.45) is 0. The number of rotatable bonds is 4. The fraction of sp³-hybridized carbons (Fsp3) is 0. The summed E-state index contributed by atoms with van der Waals surface area (Å²) in [4.78, 5) is 0. The van der Waals surface area contributed by atoms with Crippen molar-refractivity contribution in [2.75, 3.05) is 0 Å². The van der Waals surface area contributed by atoms with E-state index in [1.54, 1.807) is 0 Å². The standard InChI is InChI=1S/B2F2H3O3P/c3-1-6-8(5)7-2-4/h1-2,8H. The molecule has 0 spiro atoms.